The fraction of sp³-hybridized carbons (Fsp3) is 0.212. The molecule has 41 heavy (non-hydrogen) atoms. The highest BCUT2D eigenvalue weighted by atomic mass is 16.3. The molecule has 0 atom stereocenters. The standard InChI is InChI=1S/C33H31N3O5/c1-34(2)16-17-35-14-12-21(13-15-35)30-26(37)18-27(38)31-28(39)19-29(41-33(30)31)24-20-36(22-8-4-3-5-9-22)25-11-7-6-10-23(25)32(24)40/h3-12,18-20,37-38H,13-17H2,1-2H3. The molecule has 3 heterocycles. The molecule has 0 spiro atoms. The van der Waals surface area contributed by atoms with Gasteiger partial charge in [-0.05, 0) is 50.4 Å². The van der Waals surface area contributed by atoms with Crippen LogP contribution in [0, 0.1) is 0 Å². The van der Waals surface area contributed by atoms with Gasteiger partial charge in [-0.25, -0.2) is 0 Å². The van der Waals surface area contributed by atoms with E-state index >= 15 is 0 Å². The second-order valence-electron chi connectivity index (χ2n) is 10.6. The van der Waals surface area contributed by atoms with E-state index in [0.717, 1.165) is 36.4 Å². The van der Waals surface area contributed by atoms with Crippen molar-refractivity contribution in [3.8, 4) is 28.5 Å². The molecule has 8 heteroatoms. The van der Waals surface area contributed by atoms with E-state index in [-0.39, 0.29) is 39.2 Å². The Morgan fingerprint density at radius 1 is 0.951 bits per heavy atom. The molecule has 5 aromatic rings. The lowest BCUT2D eigenvalue weighted by Gasteiger charge is -2.28. The molecule has 6 rings (SSSR count). The fourth-order valence-electron chi connectivity index (χ4n) is 5.48. The topological polar surface area (TPSA) is 99.1 Å². The predicted molar refractivity (Wildman–Crippen MR) is 162 cm³/mol. The molecule has 0 radical (unpaired) electrons. The number of rotatable bonds is 6. The first-order valence-electron chi connectivity index (χ1n) is 13.6. The van der Waals surface area contributed by atoms with E-state index in [1.54, 1.807) is 18.3 Å². The summed E-state index contributed by atoms with van der Waals surface area (Å²) in [4.78, 5) is 31.6. The molecule has 0 fully saturated rings. The maximum Gasteiger partial charge on any atom is 0.200 e. The van der Waals surface area contributed by atoms with Gasteiger partial charge in [-0.3, -0.25) is 14.5 Å². The summed E-state index contributed by atoms with van der Waals surface area (Å²) < 4.78 is 8.20. The molecule has 0 saturated heterocycles. The molecule has 1 aliphatic rings. The first-order valence-corrected chi connectivity index (χ1v) is 13.6. The molecule has 3 aromatic carbocycles. The second-order valence-corrected chi connectivity index (χ2v) is 10.6. The van der Waals surface area contributed by atoms with Gasteiger partial charge < -0.3 is 24.1 Å². The van der Waals surface area contributed by atoms with Gasteiger partial charge in [0, 0.05) is 55.6 Å². The molecule has 0 bridgehead atoms. The van der Waals surface area contributed by atoms with Crippen molar-refractivity contribution in [1.82, 2.24) is 14.4 Å². The number of phenolic OH excluding ortho intramolecular Hbond substituents is 2. The second kappa shape index (κ2) is 10.7. The van der Waals surface area contributed by atoms with Crippen molar-refractivity contribution >= 4 is 27.4 Å². The summed E-state index contributed by atoms with van der Waals surface area (Å²) in [6, 6.07) is 19.3. The van der Waals surface area contributed by atoms with Gasteiger partial charge in [0.05, 0.1) is 16.6 Å². The van der Waals surface area contributed by atoms with Crippen molar-refractivity contribution in [3.63, 3.8) is 0 Å². The number of likely N-dealkylation sites (N-methyl/N-ethyl adjacent to an activating group) is 1. The van der Waals surface area contributed by atoms with E-state index in [2.05, 4.69) is 9.80 Å². The lowest BCUT2D eigenvalue weighted by molar-refractivity contribution is 0.260. The maximum atomic E-state index is 13.7. The number of phenols is 2. The van der Waals surface area contributed by atoms with Gasteiger partial charge in [0.1, 0.15) is 22.6 Å². The molecule has 8 nitrogen and oxygen atoms in total. The number of nitrogens with zero attached hydrogens (tertiary/aromatic N) is 3. The first kappa shape index (κ1) is 26.6. The van der Waals surface area contributed by atoms with Crippen LogP contribution >= 0.6 is 0 Å². The zero-order chi connectivity index (χ0) is 28.7. The third-order valence-electron chi connectivity index (χ3n) is 7.65. The minimum absolute atomic E-state index is 0.0262. The summed E-state index contributed by atoms with van der Waals surface area (Å²) in [6.07, 6.45) is 4.33. The van der Waals surface area contributed by atoms with Gasteiger partial charge in [-0.15, -0.1) is 0 Å². The Kier molecular flexibility index (Phi) is 6.95. The van der Waals surface area contributed by atoms with Gasteiger partial charge in [0.25, 0.3) is 0 Å². The number of aromatic hydroxyl groups is 2. The average Bonchev–Trinajstić information content (AvgIpc) is 2.97. The van der Waals surface area contributed by atoms with Gasteiger partial charge in [0.15, 0.2) is 16.4 Å². The number of hydrogen-bond donors (Lipinski definition) is 2. The van der Waals surface area contributed by atoms with Crippen LogP contribution in [-0.4, -0.2) is 64.9 Å². The van der Waals surface area contributed by atoms with Crippen LogP contribution in [0.3, 0.4) is 0 Å². The Morgan fingerprint density at radius 2 is 1.71 bits per heavy atom. The van der Waals surface area contributed by atoms with Crippen molar-refractivity contribution in [2.24, 2.45) is 0 Å². The zero-order valence-electron chi connectivity index (χ0n) is 23.0. The molecular weight excluding hydrogens is 518 g/mol. The number of aromatic nitrogens is 1. The number of hydrogen-bond acceptors (Lipinski definition) is 7. The molecule has 1 aliphatic heterocycles. The van der Waals surface area contributed by atoms with Gasteiger partial charge in [-0.1, -0.05) is 36.4 Å². The number of benzene rings is 3. The Morgan fingerprint density at radius 3 is 2.44 bits per heavy atom. The lowest BCUT2D eigenvalue weighted by Crippen LogP contribution is -2.34. The van der Waals surface area contributed by atoms with Crippen LogP contribution < -0.4 is 10.9 Å². The molecule has 2 aromatic heterocycles. The molecule has 0 aliphatic carbocycles. The van der Waals surface area contributed by atoms with Crippen LogP contribution in [0.1, 0.15) is 12.0 Å². The SMILES string of the molecule is CN(C)CCN1CC=C(c2c(O)cc(O)c3c(=O)cc(-c4cn(-c5ccccc5)c5ccccc5c4=O)oc23)CC1. The Labute approximate surface area is 236 Å². The van der Waals surface area contributed by atoms with Crippen LogP contribution in [0.25, 0.3) is 44.5 Å². The number of pyridine rings is 1. The van der Waals surface area contributed by atoms with Crippen molar-refractivity contribution in [1.29, 1.82) is 0 Å². The minimum atomic E-state index is -0.497. The molecule has 2 N–H and O–H groups in total. The average molecular weight is 550 g/mol. The van der Waals surface area contributed by atoms with Crippen molar-refractivity contribution < 1.29 is 14.6 Å². The van der Waals surface area contributed by atoms with Crippen LogP contribution in [-0.2, 0) is 0 Å². The summed E-state index contributed by atoms with van der Waals surface area (Å²) in [5.41, 5.74) is 2.25. The number of fused-ring (bicyclic) bond motifs is 2. The van der Waals surface area contributed by atoms with Gasteiger partial charge >= 0.3 is 0 Å². The van der Waals surface area contributed by atoms with Crippen molar-refractivity contribution in [3.05, 3.63) is 105 Å². The van der Waals surface area contributed by atoms with Crippen LogP contribution in [0.2, 0.25) is 0 Å². The highest BCUT2D eigenvalue weighted by Gasteiger charge is 2.24. The van der Waals surface area contributed by atoms with E-state index in [1.165, 1.54) is 12.1 Å². The molecule has 0 saturated carbocycles. The highest BCUT2D eigenvalue weighted by Crippen LogP contribution is 2.40. The quantitative estimate of drug-likeness (QED) is 0.313. The minimum Gasteiger partial charge on any atom is -0.507 e. The summed E-state index contributed by atoms with van der Waals surface area (Å²) in [7, 11) is 4.07. The molecular formula is C33H31N3O5. The fourth-order valence-corrected chi connectivity index (χ4v) is 5.48. The van der Waals surface area contributed by atoms with Crippen LogP contribution in [0.4, 0.5) is 0 Å². The normalized spacial score (nSPS) is 14.2. The van der Waals surface area contributed by atoms with Gasteiger partial charge in [-0.2, -0.15) is 0 Å². The molecule has 0 amide bonds. The molecule has 0 unspecified atom stereocenters. The largest absolute Gasteiger partial charge is 0.507 e. The Bertz CT molecular complexity index is 1920. The Balaban J connectivity index is 1.55. The van der Waals surface area contributed by atoms with E-state index in [1.807, 2.05) is 67.2 Å². The van der Waals surface area contributed by atoms with E-state index in [9.17, 15) is 19.8 Å². The van der Waals surface area contributed by atoms with Crippen LogP contribution in [0.5, 0.6) is 11.5 Å². The third kappa shape index (κ3) is 4.92. The summed E-state index contributed by atoms with van der Waals surface area (Å²) in [6.45, 7) is 3.30. The zero-order valence-corrected chi connectivity index (χ0v) is 23.0. The summed E-state index contributed by atoms with van der Waals surface area (Å²) in [5.74, 6) is -0.479. The molecule has 208 valence electrons. The van der Waals surface area contributed by atoms with E-state index in [4.69, 9.17) is 4.42 Å². The third-order valence-corrected chi connectivity index (χ3v) is 7.65. The lowest BCUT2D eigenvalue weighted by atomic mass is 9.95. The van der Waals surface area contributed by atoms with Crippen molar-refractivity contribution in [2.45, 2.75) is 6.42 Å². The highest BCUT2D eigenvalue weighted by molar-refractivity contribution is 5.97. The van der Waals surface area contributed by atoms with Crippen molar-refractivity contribution in [2.75, 3.05) is 40.3 Å². The Hall–Kier alpha value is -4.66. The summed E-state index contributed by atoms with van der Waals surface area (Å²) in [5, 5.41) is 22.1. The predicted octanol–water partition coefficient (Wildman–Crippen LogP) is 4.83. The van der Waals surface area contributed by atoms with Gasteiger partial charge in [0.2, 0.25) is 0 Å². The number of para-hydroxylation sites is 2. The van der Waals surface area contributed by atoms with E-state index < -0.39 is 5.43 Å². The first-order chi connectivity index (χ1) is 19.8. The van der Waals surface area contributed by atoms with Crippen LogP contribution in [0.15, 0.2) is 93.0 Å². The van der Waals surface area contributed by atoms with E-state index in [0.29, 0.717) is 23.9 Å². The summed E-state index contributed by atoms with van der Waals surface area (Å²) >= 11 is 0. The maximum absolute atomic E-state index is 13.7. The smallest absolute Gasteiger partial charge is 0.200 e. The monoisotopic (exact) mass is 549 g/mol.